The molecule has 1 amide bonds. The molecule has 146 valence electrons. The van der Waals surface area contributed by atoms with Crippen molar-refractivity contribution in [2.45, 2.75) is 33.3 Å². The van der Waals surface area contributed by atoms with E-state index in [9.17, 15) is 9.59 Å². The Morgan fingerprint density at radius 1 is 1.11 bits per heavy atom. The average molecular weight is 379 g/mol. The van der Waals surface area contributed by atoms with E-state index in [1.54, 1.807) is 25.1 Å². The van der Waals surface area contributed by atoms with Crippen LogP contribution in [0.1, 0.15) is 36.2 Å². The number of fused-ring (bicyclic) bond motifs is 1. The molecule has 3 rings (SSSR count). The van der Waals surface area contributed by atoms with Gasteiger partial charge in [0.2, 0.25) is 0 Å². The summed E-state index contributed by atoms with van der Waals surface area (Å²) in [5.41, 5.74) is 1.88. The second-order valence-corrected chi connectivity index (χ2v) is 6.96. The van der Waals surface area contributed by atoms with E-state index >= 15 is 0 Å². The summed E-state index contributed by atoms with van der Waals surface area (Å²) in [4.78, 5) is 25.5. The molecule has 0 saturated heterocycles. The zero-order valence-electron chi connectivity index (χ0n) is 16.5. The smallest absolute Gasteiger partial charge is 0.255 e. The molecule has 1 N–H and O–H groups in total. The van der Waals surface area contributed by atoms with E-state index in [4.69, 9.17) is 9.15 Å². The van der Waals surface area contributed by atoms with Gasteiger partial charge in [0.15, 0.2) is 11.0 Å². The van der Waals surface area contributed by atoms with Crippen LogP contribution >= 0.6 is 0 Å². The van der Waals surface area contributed by atoms with Crippen LogP contribution in [-0.2, 0) is 4.74 Å². The monoisotopic (exact) mass is 379 g/mol. The summed E-state index contributed by atoms with van der Waals surface area (Å²) in [6.07, 6.45) is 0.884. The number of hydrogen-bond donors (Lipinski definition) is 1. The average Bonchev–Trinajstić information content (AvgIpc) is 2.70. The van der Waals surface area contributed by atoms with E-state index in [1.807, 2.05) is 44.2 Å². The van der Waals surface area contributed by atoms with Crippen LogP contribution in [0.15, 0.2) is 57.7 Å². The summed E-state index contributed by atoms with van der Waals surface area (Å²) in [5.74, 6) is 0.227. The number of carbonyl (C=O) groups is 1. The largest absolute Gasteiger partial charge is 0.455 e. The van der Waals surface area contributed by atoms with E-state index in [2.05, 4.69) is 5.32 Å². The Labute approximate surface area is 164 Å². The van der Waals surface area contributed by atoms with Crippen molar-refractivity contribution in [2.24, 2.45) is 0 Å². The molecule has 0 radical (unpaired) electrons. The molecule has 0 aliphatic heterocycles. The minimum absolute atomic E-state index is 0.125. The summed E-state index contributed by atoms with van der Waals surface area (Å²) in [6.45, 7) is 6.77. The van der Waals surface area contributed by atoms with Gasteiger partial charge in [-0.3, -0.25) is 9.59 Å². The van der Waals surface area contributed by atoms with Gasteiger partial charge in [-0.2, -0.15) is 0 Å². The third kappa shape index (κ3) is 4.31. The first-order valence-electron chi connectivity index (χ1n) is 9.50. The Balaban J connectivity index is 1.92. The van der Waals surface area contributed by atoms with Crippen molar-refractivity contribution in [1.82, 2.24) is 5.32 Å². The Hall–Kier alpha value is -2.92. The fourth-order valence-electron chi connectivity index (χ4n) is 3.04. The number of nitrogens with one attached hydrogen (secondary N) is 1. The van der Waals surface area contributed by atoms with Crippen molar-refractivity contribution >= 4 is 16.9 Å². The number of rotatable bonds is 7. The van der Waals surface area contributed by atoms with Crippen molar-refractivity contribution in [2.75, 3.05) is 13.2 Å². The lowest BCUT2D eigenvalue weighted by molar-refractivity contribution is 0.0757. The zero-order valence-corrected chi connectivity index (χ0v) is 16.5. The van der Waals surface area contributed by atoms with Crippen LogP contribution in [0, 0.1) is 6.92 Å². The van der Waals surface area contributed by atoms with Gasteiger partial charge in [-0.05, 0) is 39.3 Å². The summed E-state index contributed by atoms with van der Waals surface area (Å²) in [7, 11) is 0. The van der Waals surface area contributed by atoms with Crippen LogP contribution in [0.5, 0.6) is 0 Å². The van der Waals surface area contributed by atoms with Crippen LogP contribution in [0.2, 0.25) is 0 Å². The number of ether oxygens (including phenoxy) is 1. The van der Waals surface area contributed by atoms with Gasteiger partial charge in [-0.15, -0.1) is 0 Å². The number of benzene rings is 2. The quantitative estimate of drug-likeness (QED) is 0.621. The highest BCUT2D eigenvalue weighted by Gasteiger charge is 2.18. The van der Waals surface area contributed by atoms with Gasteiger partial charge >= 0.3 is 0 Å². The van der Waals surface area contributed by atoms with Crippen LogP contribution in [0.4, 0.5) is 0 Å². The van der Waals surface area contributed by atoms with Gasteiger partial charge in [-0.1, -0.05) is 36.4 Å². The highest BCUT2D eigenvalue weighted by molar-refractivity contribution is 6.05. The van der Waals surface area contributed by atoms with Crippen molar-refractivity contribution in [3.05, 3.63) is 69.9 Å². The molecule has 0 aliphatic carbocycles. The molecule has 0 unspecified atom stereocenters. The number of carbonyl (C=O) groups excluding carboxylic acids is 1. The Morgan fingerprint density at radius 2 is 1.86 bits per heavy atom. The van der Waals surface area contributed by atoms with Gasteiger partial charge in [0, 0.05) is 24.3 Å². The third-order valence-electron chi connectivity index (χ3n) is 4.48. The molecule has 0 fully saturated rings. The normalized spacial score (nSPS) is 11.1. The molecule has 1 heterocycles. The maximum atomic E-state index is 12.9. The Morgan fingerprint density at radius 3 is 2.57 bits per heavy atom. The van der Waals surface area contributed by atoms with Gasteiger partial charge in [0.05, 0.1) is 17.1 Å². The van der Waals surface area contributed by atoms with Crippen molar-refractivity contribution < 1.29 is 13.9 Å². The second-order valence-electron chi connectivity index (χ2n) is 6.96. The highest BCUT2D eigenvalue weighted by atomic mass is 16.5. The molecule has 5 heteroatoms. The molecule has 1 aromatic heterocycles. The molecule has 5 nitrogen and oxygen atoms in total. The first-order valence-corrected chi connectivity index (χ1v) is 9.50. The van der Waals surface area contributed by atoms with Crippen molar-refractivity contribution in [3.63, 3.8) is 0 Å². The first-order chi connectivity index (χ1) is 13.5. The van der Waals surface area contributed by atoms with Crippen LogP contribution in [-0.4, -0.2) is 25.2 Å². The van der Waals surface area contributed by atoms with Gasteiger partial charge in [0.25, 0.3) is 5.91 Å². The molecule has 0 bridgehead atoms. The Kier molecular flexibility index (Phi) is 6.26. The summed E-state index contributed by atoms with van der Waals surface area (Å²) >= 11 is 0. The summed E-state index contributed by atoms with van der Waals surface area (Å²) < 4.78 is 11.6. The first kappa shape index (κ1) is 19.8. The van der Waals surface area contributed by atoms with Crippen LogP contribution in [0.25, 0.3) is 22.3 Å². The van der Waals surface area contributed by atoms with Crippen LogP contribution < -0.4 is 10.7 Å². The summed E-state index contributed by atoms with van der Waals surface area (Å²) in [6, 6.07) is 14.5. The number of hydrogen-bond acceptors (Lipinski definition) is 4. The summed E-state index contributed by atoms with van der Waals surface area (Å²) in [5, 5.41) is 3.29. The van der Waals surface area contributed by atoms with E-state index < -0.39 is 0 Å². The topological polar surface area (TPSA) is 68.5 Å². The molecule has 0 saturated carbocycles. The van der Waals surface area contributed by atoms with E-state index in [0.717, 1.165) is 5.56 Å². The van der Waals surface area contributed by atoms with Gasteiger partial charge in [-0.25, -0.2) is 0 Å². The van der Waals surface area contributed by atoms with Gasteiger partial charge in [0.1, 0.15) is 5.76 Å². The van der Waals surface area contributed by atoms with E-state index in [1.165, 1.54) is 0 Å². The minimum Gasteiger partial charge on any atom is -0.455 e. The van der Waals surface area contributed by atoms with Crippen LogP contribution in [0.3, 0.4) is 0 Å². The van der Waals surface area contributed by atoms with E-state index in [-0.39, 0.29) is 17.4 Å². The fraction of sp³-hybridized carbons (Fsp3) is 0.304. The number of amides is 1. The lowest BCUT2D eigenvalue weighted by atomic mass is 10.0. The highest BCUT2D eigenvalue weighted by Crippen LogP contribution is 2.27. The van der Waals surface area contributed by atoms with Gasteiger partial charge < -0.3 is 14.5 Å². The molecule has 2 aromatic carbocycles. The van der Waals surface area contributed by atoms with E-state index in [0.29, 0.717) is 47.4 Å². The van der Waals surface area contributed by atoms with Crippen molar-refractivity contribution in [1.29, 1.82) is 0 Å². The molecule has 28 heavy (non-hydrogen) atoms. The second kappa shape index (κ2) is 8.85. The standard InChI is InChI=1S/C23H25NO4/c1-15(2)27-14-8-13-24-23(26)19-12-7-11-18-20(25)16(3)21(28-22(18)19)17-9-5-4-6-10-17/h4-7,9-12,15H,8,13-14H2,1-3H3,(H,24,26). The zero-order chi connectivity index (χ0) is 20.1. The molecular formula is C23H25NO4. The molecular weight excluding hydrogens is 354 g/mol. The number of para-hydroxylation sites is 1. The molecule has 0 spiro atoms. The SMILES string of the molecule is Cc1c(-c2ccccc2)oc2c(C(=O)NCCCOC(C)C)cccc2c1=O. The predicted octanol–water partition coefficient (Wildman–Crippen LogP) is 4.31. The molecule has 0 aliphatic rings. The third-order valence-corrected chi connectivity index (χ3v) is 4.48. The minimum atomic E-state index is -0.263. The molecule has 3 aromatic rings. The van der Waals surface area contributed by atoms with Crippen molar-refractivity contribution in [3.8, 4) is 11.3 Å². The maximum absolute atomic E-state index is 12.9. The Bertz CT molecular complexity index is 1020. The lowest BCUT2D eigenvalue weighted by Gasteiger charge is -2.11. The predicted molar refractivity (Wildman–Crippen MR) is 111 cm³/mol. The lowest BCUT2D eigenvalue weighted by Crippen LogP contribution is -2.26. The fourth-order valence-corrected chi connectivity index (χ4v) is 3.04. The molecule has 0 atom stereocenters. The maximum Gasteiger partial charge on any atom is 0.255 e.